The minimum absolute atomic E-state index is 0.0117. The van der Waals surface area contributed by atoms with Crippen molar-refractivity contribution in [2.75, 3.05) is 5.32 Å². The van der Waals surface area contributed by atoms with Crippen LogP contribution in [0.25, 0.3) is 0 Å². The minimum atomic E-state index is -1.14. The lowest BCUT2D eigenvalue weighted by Gasteiger charge is -2.11. The van der Waals surface area contributed by atoms with Gasteiger partial charge in [-0.05, 0) is 12.1 Å². The Balaban J connectivity index is 2.83. The van der Waals surface area contributed by atoms with Crippen molar-refractivity contribution in [3.05, 3.63) is 42.5 Å². The van der Waals surface area contributed by atoms with Crippen molar-refractivity contribution in [1.29, 1.82) is 5.26 Å². The number of nitrogens with one attached hydrogen (secondary N) is 1. The van der Waals surface area contributed by atoms with Crippen LogP contribution in [0, 0.1) is 28.9 Å². The summed E-state index contributed by atoms with van der Waals surface area (Å²) in [4.78, 5) is 11.5. The lowest BCUT2D eigenvalue weighted by atomic mass is 10.0. The zero-order chi connectivity index (χ0) is 14.4. The van der Waals surface area contributed by atoms with E-state index in [1.165, 1.54) is 12.1 Å². The number of halogens is 2. The van der Waals surface area contributed by atoms with Gasteiger partial charge in [-0.25, -0.2) is 8.78 Å². The van der Waals surface area contributed by atoms with Gasteiger partial charge in [-0.1, -0.05) is 18.3 Å². The van der Waals surface area contributed by atoms with Crippen molar-refractivity contribution < 1.29 is 13.6 Å². The highest BCUT2D eigenvalue weighted by atomic mass is 32.1. The number of nitrogens with zero attached hydrogens (tertiary/aromatic N) is 1. The first kappa shape index (κ1) is 14.9. The number of allylic oxidation sites excluding steroid dienone is 1. The Bertz CT molecular complexity index is 566. The molecule has 0 heterocycles. The van der Waals surface area contributed by atoms with Gasteiger partial charge < -0.3 is 5.32 Å². The molecule has 0 aliphatic heterocycles. The summed E-state index contributed by atoms with van der Waals surface area (Å²) in [6, 6.07) is 4.85. The van der Waals surface area contributed by atoms with E-state index >= 15 is 0 Å². The van der Waals surface area contributed by atoms with Gasteiger partial charge in [0.2, 0.25) is 0 Å². The lowest BCUT2D eigenvalue weighted by molar-refractivity contribution is -0.118. The number of carbonyl (C=O) groups is 1. The number of hydrogen-bond donors (Lipinski definition) is 1. The second-order valence-corrected chi connectivity index (χ2v) is 4.08. The molecule has 3 nitrogen and oxygen atoms in total. The molecular formula is C13H10F2N2OS. The number of benzene rings is 1. The van der Waals surface area contributed by atoms with E-state index in [2.05, 4.69) is 11.9 Å². The zero-order valence-corrected chi connectivity index (χ0v) is 10.6. The first-order chi connectivity index (χ1) is 8.99. The molecular weight excluding hydrogens is 270 g/mol. The predicted octanol–water partition coefficient (Wildman–Crippen LogP) is 2.99. The number of hydrogen-bond acceptors (Lipinski definition) is 3. The van der Waals surface area contributed by atoms with Crippen LogP contribution in [0.3, 0.4) is 0 Å². The summed E-state index contributed by atoms with van der Waals surface area (Å²) >= 11 is 4.92. The minimum Gasteiger partial charge on any atom is -0.348 e. The van der Waals surface area contributed by atoms with Gasteiger partial charge in [0.25, 0.3) is 0 Å². The Kier molecular flexibility index (Phi) is 5.27. The van der Waals surface area contributed by atoms with Gasteiger partial charge in [0.1, 0.15) is 4.99 Å². The molecule has 0 radical (unpaired) electrons. The van der Waals surface area contributed by atoms with E-state index in [1.54, 1.807) is 6.07 Å². The largest absolute Gasteiger partial charge is 0.348 e. The molecule has 1 atom stereocenters. The van der Waals surface area contributed by atoms with Gasteiger partial charge in [-0.3, -0.25) is 4.79 Å². The molecule has 1 rings (SSSR count). The standard InChI is InChI=1S/C13H10F2N2OS/c1-2-3-12(18)9(7-16)13(19)17-8-4-5-10(14)11(15)6-8/h2,4-6,9H,1,3H2,(H,17,19). The Morgan fingerprint density at radius 3 is 2.74 bits per heavy atom. The van der Waals surface area contributed by atoms with E-state index < -0.39 is 23.3 Å². The topological polar surface area (TPSA) is 52.9 Å². The van der Waals surface area contributed by atoms with Gasteiger partial charge in [0.05, 0.1) is 6.07 Å². The van der Waals surface area contributed by atoms with E-state index in [9.17, 15) is 13.6 Å². The van der Waals surface area contributed by atoms with Crippen molar-refractivity contribution in [2.24, 2.45) is 5.92 Å². The molecule has 1 unspecified atom stereocenters. The summed E-state index contributed by atoms with van der Waals surface area (Å²) in [5.74, 6) is -3.58. The molecule has 1 aromatic carbocycles. The number of ketones is 1. The summed E-state index contributed by atoms with van der Waals surface area (Å²) in [7, 11) is 0. The van der Waals surface area contributed by atoms with Crippen molar-refractivity contribution >= 4 is 28.7 Å². The van der Waals surface area contributed by atoms with Crippen LogP contribution in [0.15, 0.2) is 30.9 Å². The summed E-state index contributed by atoms with van der Waals surface area (Å²) in [6.07, 6.45) is 1.38. The number of thiocarbonyl (C=S) groups is 1. The molecule has 0 aromatic heterocycles. The summed E-state index contributed by atoms with van der Waals surface area (Å²) in [6.45, 7) is 3.40. The van der Waals surface area contributed by atoms with Crippen LogP contribution in [0.1, 0.15) is 6.42 Å². The predicted molar refractivity (Wildman–Crippen MR) is 71.5 cm³/mol. The van der Waals surface area contributed by atoms with Gasteiger partial charge in [-0.2, -0.15) is 5.26 Å². The van der Waals surface area contributed by atoms with Crippen LogP contribution in [0.4, 0.5) is 14.5 Å². The van der Waals surface area contributed by atoms with Gasteiger partial charge in [0, 0.05) is 18.2 Å². The van der Waals surface area contributed by atoms with E-state index in [1.807, 2.05) is 0 Å². The number of nitriles is 1. The van der Waals surface area contributed by atoms with E-state index in [4.69, 9.17) is 17.5 Å². The first-order valence-corrected chi connectivity index (χ1v) is 5.69. The molecule has 0 aliphatic carbocycles. The first-order valence-electron chi connectivity index (χ1n) is 5.28. The number of rotatable bonds is 5. The molecule has 98 valence electrons. The molecule has 0 saturated carbocycles. The molecule has 0 bridgehead atoms. The third kappa shape index (κ3) is 3.93. The van der Waals surface area contributed by atoms with E-state index in [-0.39, 0.29) is 17.1 Å². The van der Waals surface area contributed by atoms with Crippen LogP contribution >= 0.6 is 12.2 Å². The van der Waals surface area contributed by atoms with Crippen molar-refractivity contribution in [2.45, 2.75) is 6.42 Å². The number of carbonyl (C=O) groups excluding carboxylic acids is 1. The molecule has 1 aromatic rings. The Hall–Kier alpha value is -2.13. The monoisotopic (exact) mass is 280 g/mol. The quantitative estimate of drug-likeness (QED) is 0.665. The number of Topliss-reactive ketones (excluding diaryl/α,β-unsaturated/α-hetero) is 1. The fraction of sp³-hybridized carbons (Fsp3) is 0.154. The highest BCUT2D eigenvalue weighted by Crippen LogP contribution is 2.15. The fourth-order valence-corrected chi connectivity index (χ4v) is 1.63. The SMILES string of the molecule is C=CCC(=O)C(C#N)C(=S)Nc1ccc(F)c(F)c1. The average Bonchev–Trinajstić information content (AvgIpc) is 2.35. The molecule has 0 amide bonds. The van der Waals surface area contributed by atoms with E-state index in [0.717, 1.165) is 12.1 Å². The summed E-state index contributed by atoms with van der Waals surface area (Å²) in [5.41, 5.74) is 0.176. The maximum Gasteiger partial charge on any atom is 0.160 e. The van der Waals surface area contributed by atoms with Crippen LogP contribution in [0.5, 0.6) is 0 Å². The maximum absolute atomic E-state index is 13.0. The molecule has 0 spiro atoms. The maximum atomic E-state index is 13.0. The molecule has 0 fully saturated rings. The molecule has 6 heteroatoms. The van der Waals surface area contributed by atoms with Crippen LogP contribution in [0.2, 0.25) is 0 Å². The second-order valence-electron chi connectivity index (χ2n) is 3.64. The number of anilines is 1. The van der Waals surface area contributed by atoms with Crippen molar-refractivity contribution in [3.8, 4) is 6.07 Å². The molecule has 0 saturated heterocycles. The normalized spacial score (nSPS) is 11.2. The second kappa shape index (κ2) is 6.71. The third-order valence-electron chi connectivity index (χ3n) is 2.25. The fourth-order valence-electron chi connectivity index (χ4n) is 1.33. The summed E-state index contributed by atoms with van der Waals surface area (Å²) < 4.78 is 25.7. The Morgan fingerprint density at radius 1 is 1.53 bits per heavy atom. The smallest absolute Gasteiger partial charge is 0.160 e. The highest BCUT2D eigenvalue weighted by Gasteiger charge is 2.21. The van der Waals surface area contributed by atoms with Gasteiger partial charge in [-0.15, -0.1) is 6.58 Å². The summed E-state index contributed by atoms with van der Waals surface area (Å²) in [5, 5.41) is 11.5. The Morgan fingerprint density at radius 2 is 2.21 bits per heavy atom. The van der Waals surface area contributed by atoms with Crippen molar-refractivity contribution in [3.63, 3.8) is 0 Å². The van der Waals surface area contributed by atoms with Gasteiger partial charge in [0.15, 0.2) is 23.3 Å². The third-order valence-corrected chi connectivity index (χ3v) is 2.58. The zero-order valence-electron chi connectivity index (χ0n) is 9.82. The Labute approximate surface area is 114 Å². The van der Waals surface area contributed by atoms with Crippen LogP contribution in [-0.4, -0.2) is 10.8 Å². The lowest BCUT2D eigenvalue weighted by Crippen LogP contribution is -2.26. The van der Waals surface area contributed by atoms with Gasteiger partial charge >= 0.3 is 0 Å². The van der Waals surface area contributed by atoms with Crippen molar-refractivity contribution in [1.82, 2.24) is 0 Å². The highest BCUT2D eigenvalue weighted by molar-refractivity contribution is 7.80. The van der Waals surface area contributed by atoms with Crippen LogP contribution in [-0.2, 0) is 4.79 Å². The average molecular weight is 280 g/mol. The molecule has 19 heavy (non-hydrogen) atoms. The molecule has 1 N–H and O–H groups in total. The van der Waals surface area contributed by atoms with Crippen LogP contribution < -0.4 is 5.32 Å². The van der Waals surface area contributed by atoms with E-state index in [0.29, 0.717) is 0 Å². The molecule has 0 aliphatic rings.